The second kappa shape index (κ2) is 6.37. The third kappa shape index (κ3) is 3.58. The number of aliphatic carboxylic acids is 1. The van der Waals surface area contributed by atoms with Gasteiger partial charge in [-0.3, -0.25) is 14.5 Å². The van der Waals surface area contributed by atoms with Gasteiger partial charge in [-0.2, -0.15) is 0 Å². The molecule has 1 fully saturated rings. The van der Waals surface area contributed by atoms with E-state index in [2.05, 4.69) is 5.32 Å². The Bertz CT molecular complexity index is 475. The van der Waals surface area contributed by atoms with Gasteiger partial charge in [-0.25, -0.2) is 0 Å². The minimum absolute atomic E-state index is 0.00204. The van der Waals surface area contributed by atoms with Gasteiger partial charge in [0, 0.05) is 18.0 Å². The minimum atomic E-state index is -0.771. The summed E-state index contributed by atoms with van der Waals surface area (Å²) < 4.78 is 0. The summed E-state index contributed by atoms with van der Waals surface area (Å²) >= 11 is 1.61. The lowest BCUT2D eigenvalue weighted by Gasteiger charge is -2.17. The fraction of sp³-hybridized carbons (Fsp3) is 0.571. The number of nitrogens with zero attached hydrogens (tertiary/aromatic N) is 1. The number of thiophene rings is 1. The number of carbonyl (C=O) groups excluding carboxylic acids is 1. The topological polar surface area (TPSA) is 69.6 Å². The second-order valence-corrected chi connectivity index (χ2v) is 6.40. The number of carboxylic acids is 1. The fourth-order valence-electron chi connectivity index (χ4n) is 2.62. The number of amides is 1. The van der Waals surface area contributed by atoms with Crippen LogP contribution in [-0.2, 0) is 9.59 Å². The molecule has 3 unspecified atom stereocenters. The molecule has 2 heterocycles. The summed E-state index contributed by atoms with van der Waals surface area (Å²) in [5.74, 6) is -1.09. The molecule has 5 nitrogen and oxygen atoms in total. The van der Waals surface area contributed by atoms with E-state index in [1.54, 1.807) is 11.3 Å². The Morgan fingerprint density at radius 2 is 2.30 bits per heavy atom. The molecule has 1 aromatic rings. The Morgan fingerprint density at radius 1 is 1.55 bits per heavy atom. The van der Waals surface area contributed by atoms with Crippen LogP contribution in [0.3, 0.4) is 0 Å². The van der Waals surface area contributed by atoms with Crippen molar-refractivity contribution in [1.82, 2.24) is 10.2 Å². The molecule has 1 saturated heterocycles. The van der Waals surface area contributed by atoms with Gasteiger partial charge in [0.15, 0.2) is 0 Å². The molecule has 2 rings (SSSR count). The number of hydrogen-bond donors (Lipinski definition) is 2. The summed E-state index contributed by atoms with van der Waals surface area (Å²) in [4.78, 5) is 26.1. The van der Waals surface area contributed by atoms with Crippen LogP contribution in [-0.4, -0.2) is 41.5 Å². The lowest BCUT2D eigenvalue weighted by Crippen LogP contribution is -2.37. The molecule has 110 valence electrons. The highest BCUT2D eigenvalue weighted by Crippen LogP contribution is 2.23. The fourth-order valence-corrected chi connectivity index (χ4v) is 3.35. The van der Waals surface area contributed by atoms with E-state index in [-0.39, 0.29) is 30.3 Å². The van der Waals surface area contributed by atoms with Crippen molar-refractivity contribution in [3.8, 4) is 0 Å². The number of carbonyl (C=O) groups is 2. The van der Waals surface area contributed by atoms with E-state index in [1.807, 2.05) is 36.3 Å². The van der Waals surface area contributed by atoms with Crippen molar-refractivity contribution >= 4 is 23.2 Å². The maximum atomic E-state index is 12.0. The molecule has 0 saturated carbocycles. The lowest BCUT2D eigenvalue weighted by molar-refractivity contribution is -0.142. The molecule has 1 amide bonds. The van der Waals surface area contributed by atoms with Crippen LogP contribution in [0.25, 0.3) is 0 Å². The van der Waals surface area contributed by atoms with E-state index in [4.69, 9.17) is 5.11 Å². The minimum Gasteiger partial charge on any atom is -0.481 e. The highest BCUT2D eigenvalue weighted by atomic mass is 32.1. The monoisotopic (exact) mass is 296 g/mol. The lowest BCUT2D eigenvalue weighted by atomic mass is 9.99. The summed E-state index contributed by atoms with van der Waals surface area (Å²) in [6.07, 6.45) is 0. The first kappa shape index (κ1) is 15.0. The first-order valence-electron chi connectivity index (χ1n) is 6.75. The number of nitrogens with one attached hydrogen (secondary N) is 1. The predicted molar refractivity (Wildman–Crippen MR) is 77.6 cm³/mol. The van der Waals surface area contributed by atoms with Crippen molar-refractivity contribution in [2.45, 2.75) is 19.9 Å². The molecule has 2 N–H and O–H groups in total. The smallest absolute Gasteiger partial charge is 0.308 e. The maximum Gasteiger partial charge on any atom is 0.308 e. The Hall–Kier alpha value is -1.40. The van der Waals surface area contributed by atoms with Crippen molar-refractivity contribution in [3.05, 3.63) is 22.4 Å². The Kier molecular flexibility index (Phi) is 4.77. The van der Waals surface area contributed by atoms with E-state index < -0.39 is 5.97 Å². The first-order chi connectivity index (χ1) is 9.47. The van der Waals surface area contributed by atoms with Gasteiger partial charge < -0.3 is 10.4 Å². The van der Waals surface area contributed by atoms with Crippen LogP contribution in [0.1, 0.15) is 24.8 Å². The van der Waals surface area contributed by atoms with Crippen molar-refractivity contribution in [2.24, 2.45) is 11.8 Å². The quantitative estimate of drug-likeness (QED) is 0.865. The number of rotatable bonds is 5. The number of hydrogen-bond acceptors (Lipinski definition) is 4. The maximum absolute atomic E-state index is 12.0. The molecule has 0 aliphatic carbocycles. The number of likely N-dealkylation sites (tertiary alicyclic amines) is 1. The molecule has 0 radical (unpaired) electrons. The summed E-state index contributed by atoms with van der Waals surface area (Å²) in [6, 6.07) is 3.95. The van der Waals surface area contributed by atoms with Gasteiger partial charge >= 0.3 is 5.97 Å². The average Bonchev–Trinajstić information content (AvgIpc) is 2.98. The van der Waals surface area contributed by atoms with Gasteiger partial charge in [-0.1, -0.05) is 13.0 Å². The molecule has 1 aliphatic rings. The molecule has 6 heteroatoms. The van der Waals surface area contributed by atoms with E-state index >= 15 is 0 Å². The molecular weight excluding hydrogens is 276 g/mol. The highest BCUT2D eigenvalue weighted by Gasteiger charge is 2.35. The highest BCUT2D eigenvalue weighted by molar-refractivity contribution is 7.10. The van der Waals surface area contributed by atoms with E-state index in [0.29, 0.717) is 13.1 Å². The van der Waals surface area contributed by atoms with Crippen LogP contribution in [0.5, 0.6) is 0 Å². The average molecular weight is 296 g/mol. The summed E-state index contributed by atoms with van der Waals surface area (Å²) in [5, 5.41) is 14.0. The molecule has 0 spiro atoms. The van der Waals surface area contributed by atoms with Crippen LogP contribution in [0.15, 0.2) is 17.5 Å². The zero-order valence-electron chi connectivity index (χ0n) is 11.7. The van der Waals surface area contributed by atoms with Crippen molar-refractivity contribution in [1.29, 1.82) is 0 Å². The Morgan fingerprint density at radius 3 is 2.85 bits per heavy atom. The standard InChI is InChI=1S/C14H20N2O3S/c1-9-6-16(7-11(9)14(18)19)8-13(17)15-10(2)12-4-3-5-20-12/h3-5,9-11H,6-8H2,1-2H3,(H,15,17)(H,18,19). The van der Waals surface area contributed by atoms with E-state index in [9.17, 15) is 9.59 Å². The van der Waals surface area contributed by atoms with E-state index in [1.165, 1.54) is 0 Å². The van der Waals surface area contributed by atoms with Crippen LogP contribution >= 0.6 is 11.3 Å². The van der Waals surface area contributed by atoms with Crippen molar-refractivity contribution in [2.75, 3.05) is 19.6 Å². The summed E-state index contributed by atoms with van der Waals surface area (Å²) in [6.45, 7) is 5.26. The van der Waals surface area contributed by atoms with Crippen LogP contribution in [0, 0.1) is 11.8 Å². The molecule has 3 atom stereocenters. The van der Waals surface area contributed by atoms with Gasteiger partial charge in [0.1, 0.15) is 0 Å². The van der Waals surface area contributed by atoms with E-state index in [0.717, 1.165) is 4.88 Å². The van der Waals surface area contributed by atoms with Crippen molar-refractivity contribution < 1.29 is 14.7 Å². The molecule has 0 bridgehead atoms. The van der Waals surface area contributed by atoms with Gasteiger partial charge in [-0.05, 0) is 24.3 Å². The molecule has 1 aromatic heterocycles. The van der Waals surface area contributed by atoms with Gasteiger partial charge in [0.05, 0.1) is 18.5 Å². The van der Waals surface area contributed by atoms with Gasteiger partial charge in [0.25, 0.3) is 0 Å². The van der Waals surface area contributed by atoms with Crippen LogP contribution in [0.4, 0.5) is 0 Å². The third-order valence-corrected chi connectivity index (χ3v) is 4.77. The largest absolute Gasteiger partial charge is 0.481 e. The molecular formula is C14H20N2O3S. The van der Waals surface area contributed by atoms with Crippen LogP contribution in [0.2, 0.25) is 0 Å². The zero-order valence-corrected chi connectivity index (χ0v) is 12.5. The second-order valence-electron chi connectivity index (χ2n) is 5.42. The normalized spacial score (nSPS) is 24.5. The summed E-state index contributed by atoms with van der Waals surface area (Å²) in [5.41, 5.74) is 0. The molecule has 20 heavy (non-hydrogen) atoms. The molecule has 0 aromatic carbocycles. The number of carboxylic acid groups (broad SMARTS) is 1. The third-order valence-electron chi connectivity index (χ3n) is 3.72. The summed E-state index contributed by atoms with van der Waals surface area (Å²) in [7, 11) is 0. The van der Waals surface area contributed by atoms with Gasteiger partial charge in [0.2, 0.25) is 5.91 Å². The first-order valence-corrected chi connectivity index (χ1v) is 7.63. The molecule has 1 aliphatic heterocycles. The van der Waals surface area contributed by atoms with Gasteiger partial charge in [-0.15, -0.1) is 11.3 Å². The Balaban J connectivity index is 1.82. The zero-order chi connectivity index (χ0) is 14.7. The van der Waals surface area contributed by atoms with Crippen molar-refractivity contribution in [3.63, 3.8) is 0 Å². The van der Waals surface area contributed by atoms with Crippen LogP contribution < -0.4 is 5.32 Å². The SMILES string of the molecule is CC(NC(=O)CN1CC(C)C(C(=O)O)C1)c1cccs1. The predicted octanol–water partition coefficient (Wildman–Crippen LogP) is 1.58. The Labute approximate surface area is 122 Å².